The van der Waals surface area contributed by atoms with Crippen LogP contribution in [0.5, 0.6) is 0 Å². The fourth-order valence-electron chi connectivity index (χ4n) is 3.53. The molecule has 2 N–H and O–H groups in total. The van der Waals surface area contributed by atoms with Gasteiger partial charge in [0.15, 0.2) is 5.13 Å². The number of thiazole rings is 1. The molecule has 1 unspecified atom stereocenters. The Labute approximate surface area is 164 Å². The number of halogens is 1. The Morgan fingerprint density at radius 3 is 2.89 bits per heavy atom. The first-order valence-electron chi connectivity index (χ1n) is 9.76. The smallest absolute Gasteiger partial charge is 0.243 e. The molecule has 1 amide bonds. The molecule has 1 aromatic carbocycles. The number of benzene rings is 1. The molecule has 0 aliphatic heterocycles. The van der Waals surface area contributed by atoms with E-state index in [-0.39, 0.29) is 23.8 Å². The summed E-state index contributed by atoms with van der Waals surface area (Å²) in [6.45, 7) is 6.32. The van der Waals surface area contributed by atoms with Gasteiger partial charge < -0.3 is 10.6 Å². The van der Waals surface area contributed by atoms with Crippen LogP contribution in [0, 0.1) is 5.82 Å². The van der Waals surface area contributed by atoms with Gasteiger partial charge in [0, 0.05) is 17.1 Å². The quantitative estimate of drug-likeness (QED) is 0.724. The van der Waals surface area contributed by atoms with Crippen molar-refractivity contribution in [1.82, 2.24) is 10.3 Å². The van der Waals surface area contributed by atoms with Crippen molar-refractivity contribution >= 4 is 22.4 Å². The number of aryl methyl sites for hydroxylation is 1. The van der Waals surface area contributed by atoms with Crippen LogP contribution in [0.15, 0.2) is 24.4 Å². The number of carbonyl (C=O) groups excluding carboxylic acids is 1. The molecule has 0 saturated carbocycles. The van der Waals surface area contributed by atoms with Gasteiger partial charge in [-0.1, -0.05) is 33.3 Å². The van der Waals surface area contributed by atoms with Crippen LogP contribution in [-0.2, 0) is 17.6 Å². The number of fused-ring (bicyclic) bond motifs is 1. The van der Waals surface area contributed by atoms with Gasteiger partial charge >= 0.3 is 0 Å². The second kappa shape index (κ2) is 8.93. The maximum absolute atomic E-state index is 13.4. The lowest BCUT2D eigenvalue weighted by Crippen LogP contribution is -2.47. The zero-order valence-corrected chi connectivity index (χ0v) is 17.0. The highest BCUT2D eigenvalue weighted by molar-refractivity contribution is 7.15. The maximum atomic E-state index is 13.4. The van der Waals surface area contributed by atoms with Gasteiger partial charge in [0.05, 0.1) is 6.04 Å². The van der Waals surface area contributed by atoms with Crippen molar-refractivity contribution in [1.29, 1.82) is 0 Å². The number of hydrogen-bond donors (Lipinski definition) is 2. The van der Waals surface area contributed by atoms with Crippen LogP contribution in [-0.4, -0.2) is 23.0 Å². The number of anilines is 1. The van der Waals surface area contributed by atoms with E-state index in [4.69, 9.17) is 0 Å². The zero-order chi connectivity index (χ0) is 19.4. The number of nitrogens with one attached hydrogen (secondary N) is 2. The van der Waals surface area contributed by atoms with E-state index in [2.05, 4.69) is 36.4 Å². The second-order valence-corrected chi connectivity index (χ2v) is 8.63. The van der Waals surface area contributed by atoms with E-state index in [0.717, 1.165) is 37.7 Å². The molecule has 0 radical (unpaired) electrons. The minimum atomic E-state index is -0.242. The molecule has 1 aliphatic rings. The van der Waals surface area contributed by atoms with Gasteiger partial charge in [0.25, 0.3) is 0 Å². The molecule has 0 fully saturated rings. The third-order valence-electron chi connectivity index (χ3n) is 5.05. The fraction of sp³-hybridized carbons (Fsp3) is 0.524. The van der Waals surface area contributed by atoms with E-state index >= 15 is 0 Å². The lowest BCUT2D eigenvalue weighted by molar-refractivity contribution is -0.118. The van der Waals surface area contributed by atoms with E-state index in [1.165, 1.54) is 27.8 Å². The Kier molecular flexibility index (Phi) is 6.60. The van der Waals surface area contributed by atoms with Gasteiger partial charge in [-0.3, -0.25) is 4.79 Å². The summed E-state index contributed by atoms with van der Waals surface area (Å²) in [6, 6.07) is 5.01. The predicted octanol–water partition coefficient (Wildman–Crippen LogP) is 4.66. The van der Waals surface area contributed by atoms with E-state index in [1.54, 1.807) is 6.07 Å². The van der Waals surface area contributed by atoms with Crippen LogP contribution in [0.4, 0.5) is 9.52 Å². The van der Waals surface area contributed by atoms with Gasteiger partial charge in [0.1, 0.15) is 5.82 Å². The molecule has 146 valence electrons. The first kappa shape index (κ1) is 20.0. The van der Waals surface area contributed by atoms with Crippen LogP contribution >= 0.6 is 11.3 Å². The SMILES string of the molecule is CCC[C@H](NC1CCc2cc(F)ccc2C1)C(=O)Nc1ncc(C(C)C)s1. The van der Waals surface area contributed by atoms with Crippen molar-refractivity contribution in [3.63, 3.8) is 0 Å². The monoisotopic (exact) mass is 389 g/mol. The summed E-state index contributed by atoms with van der Waals surface area (Å²) >= 11 is 1.54. The minimum absolute atomic E-state index is 0.0218. The molecular weight excluding hydrogens is 361 g/mol. The largest absolute Gasteiger partial charge is 0.303 e. The summed E-state index contributed by atoms with van der Waals surface area (Å²) in [6.07, 6.45) is 6.13. The van der Waals surface area contributed by atoms with E-state index in [0.29, 0.717) is 11.0 Å². The first-order valence-corrected chi connectivity index (χ1v) is 10.6. The van der Waals surface area contributed by atoms with Crippen molar-refractivity contribution in [2.24, 2.45) is 0 Å². The van der Waals surface area contributed by atoms with Crippen molar-refractivity contribution in [3.8, 4) is 0 Å². The summed E-state index contributed by atoms with van der Waals surface area (Å²) in [5, 5.41) is 7.17. The molecule has 0 saturated heterocycles. The standard InChI is InChI=1S/C21H28FN3OS/c1-4-5-18(20(26)25-21-23-12-19(27-21)13(2)3)24-17-9-7-14-10-16(22)8-6-15(14)11-17/h6,8,10,12-13,17-18,24H,4-5,7,9,11H2,1-3H3,(H,23,25,26)/t17?,18-/m0/s1. The van der Waals surface area contributed by atoms with Gasteiger partial charge in [-0.05, 0) is 54.9 Å². The molecule has 2 atom stereocenters. The molecule has 0 bridgehead atoms. The average Bonchev–Trinajstić information content (AvgIpc) is 3.10. The van der Waals surface area contributed by atoms with Crippen LogP contribution in [0.25, 0.3) is 0 Å². The Balaban J connectivity index is 1.63. The number of carbonyl (C=O) groups is 1. The Bertz CT molecular complexity index is 789. The van der Waals surface area contributed by atoms with Gasteiger partial charge in [-0.15, -0.1) is 11.3 Å². The van der Waals surface area contributed by atoms with Crippen LogP contribution < -0.4 is 10.6 Å². The molecular formula is C21H28FN3OS. The Morgan fingerprint density at radius 1 is 1.37 bits per heavy atom. The van der Waals surface area contributed by atoms with Gasteiger partial charge in [-0.25, -0.2) is 9.37 Å². The maximum Gasteiger partial charge on any atom is 0.243 e. The van der Waals surface area contributed by atoms with E-state index in [1.807, 2.05) is 12.3 Å². The lowest BCUT2D eigenvalue weighted by atomic mass is 9.87. The highest BCUT2D eigenvalue weighted by Gasteiger charge is 2.25. The van der Waals surface area contributed by atoms with E-state index < -0.39 is 0 Å². The number of rotatable bonds is 7. The van der Waals surface area contributed by atoms with Crippen molar-refractivity contribution in [2.45, 2.75) is 70.9 Å². The molecule has 1 aliphatic carbocycles. The second-order valence-electron chi connectivity index (χ2n) is 7.57. The molecule has 3 rings (SSSR count). The van der Waals surface area contributed by atoms with Crippen molar-refractivity contribution < 1.29 is 9.18 Å². The molecule has 1 heterocycles. The molecule has 2 aromatic rings. The topological polar surface area (TPSA) is 54.0 Å². The highest BCUT2D eigenvalue weighted by Crippen LogP contribution is 2.26. The van der Waals surface area contributed by atoms with Gasteiger partial charge in [-0.2, -0.15) is 0 Å². The fourth-order valence-corrected chi connectivity index (χ4v) is 4.35. The predicted molar refractivity (Wildman–Crippen MR) is 109 cm³/mol. The summed E-state index contributed by atoms with van der Waals surface area (Å²) in [5.41, 5.74) is 2.27. The van der Waals surface area contributed by atoms with Gasteiger partial charge in [0.2, 0.25) is 5.91 Å². The summed E-state index contributed by atoms with van der Waals surface area (Å²) in [7, 11) is 0. The highest BCUT2D eigenvalue weighted by atomic mass is 32.1. The number of nitrogens with zero attached hydrogens (tertiary/aromatic N) is 1. The zero-order valence-electron chi connectivity index (χ0n) is 16.2. The van der Waals surface area contributed by atoms with Crippen molar-refractivity contribution in [3.05, 3.63) is 46.2 Å². The van der Waals surface area contributed by atoms with Crippen molar-refractivity contribution in [2.75, 3.05) is 5.32 Å². The Morgan fingerprint density at radius 2 is 2.19 bits per heavy atom. The lowest BCUT2D eigenvalue weighted by Gasteiger charge is -2.29. The molecule has 4 nitrogen and oxygen atoms in total. The number of aromatic nitrogens is 1. The average molecular weight is 390 g/mol. The number of hydrogen-bond acceptors (Lipinski definition) is 4. The molecule has 0 spiro atoms. The molecule has 6 heteroatoms. The minimum Gasteiger partial charge on any atom is -0.303 e. The number of amides is 1. The van der Waals surface area contributed by atoms with Crippen LogP contribution in [0.1, 0.15) is 62.0 Å². The molecule has 27 heavy (non-hydrogen) atoms. The molecule has 1 aromatic heterocycles. The third kappa shape index (κ3) is 5.14. The van der Waals surface area contributed by atoms with E-state index in [9.17, 15) is 9.18 Å². The van der Waals surface area contributed by atoms with Crippen LogP contribution in [0.2, 0.25) is 0 Å². The Hall–Kier alpha value is -1.79. The summed E-state index contributed by atoms with van der Waals surface area (Å²) in [5.74, 6) is 0.212. The summed E-state index contributed by atoms with van der Waals surface area (Å²) in [4.78, 5) is 18.3. The van der Waals surface area contributed by atoms with Crippen LogP contribution in [0.3, 0.4) is 0 Å². The third-order valence-corrected chi connectivity index (χ3v) is 6.26. The first-order chi connectivity index (χ1) is 13.0. The summed E-state index contributed by atoms with van der Waals surface area (Å²) < 4.78 is 13.4. The normalized spacial score (nSPS) is 17.6.